The van der Waals surface area contributed by atoms with Crippen LogP contribution in [-0.4, -0.2) is 10.8 Å². The lowest BCUT2D eigenvalue weighted by Crippen LogP contribution is -2.14. The fourth-order valence-corrected chi connectivity index (χ4v) is 3.88. The molecule has 0 amide bonds. The van der Waals surface area contributed by atoms with Gasteiger partial charge in [-0.15, -0.1) is 0 Å². The number of nitrogens with zero attached hydrogens (tertiary/aromatic N) is 1. The fourth-order valence-electron chi connectivity index (χ4n) is 2.55. The molecule has 0 radical (unpaired) electrons. The molecule has 0 spiro atoms. The van der Waals surface area contributed by atoms with Gasteiger partial charge in [0.1, 0.15) is 5.82 Å². The lowest BCUT2D eigenvalue weighted by Gasteiger charge is -2.24. The number of aryl methyl sites for hydroxylation is 1. The van der Waals surface area contributed by atoms with Crippen molar-refractivity contribution in [3.8, 4) is 0 Å². The number of hydrogen-bond acceptors (Lipinski definition) is 2. The van der Waals surface area contributed by atoms with Gasteiger partial charge in [0, 0.05) is 29.8 Å². The van der Waals surface area contributed by atoms with Gasteiger partial charge in [-0.3, -0.25) is 0 Å². The number of hydrogen-bond donors (Lipinski definition) is 1. The summed E-state index contributed by atoms with van der Waals surface area (Å²) < 4.78 is 15.6. The molecule has 0 saturated carbocycles. The van der Waals surface area contributed by atoms with Crippen molar-refractivity contribution in [1.82, 2.24) is 9.99 Å². The van der Waals surface area contributed by atoms with E-state index in [9.17, 15) is 4.39 Å². The summed E-state index contributed by atoms with van der Waals surface area (Å²) in [5.74, 6) is -0.184. The number of halogens is 1. The highest BCUT2D eigenvalue weighted by molar-refractivity contribution is 7.36. The van der Waals surface area contributed by atoms with Gasteiger partial charge in [0.15, 0.2) is 0 Å². The Morgan fingerprint density at radius 2 is 2.04 bits per heavy atom. The standard InChI is InChI=1S/C21H26FN2P/c1-14(2)21(24-17(5)9-10-25-24)12-15(3)18(6)23-13-19-7-8-20(22)16(4)11-19/h7-9,11-12,23,25H,1,3,6,10,13H2,2,4-5H3/b21-12-. The Hall–Kier alpha value is -2.12. The van der Waals surface area contributed by atoms with Crippen molar-refractivity contribution < 1.29 is 4.39 Å². The highest BCUT2D eigenvalue weighted by Gasteiger charge is 2.16. The molecule has 1 aromatic rings. The summed E-state index contributed by atoms with van der Waals surface area (Å²) in [5.41, 5.74) is 6.56. The Balaban J connectivity index is 2.05. The quantitative estimate of drug-likeness (QED) is 0.508. The summed E-state index contributed by atoms with van der Waals surface area (Å²) in [4.78, 5) is 0. The first-order valence-corrected chi connectivity index (χ1v) is 9.40. The molecule has 0 aliphatic carbocycles. The van der Waals surface area contributed by atoms with Gasteiger partial charge in [0.25, 0.3) is 0 Å². The minimum atomic E-state index is -0.184. The van der Waals surface area contributed by atoms with E-state index < -0.39 is 0 Å². The molecule has 1 unspecified atom stereocenters. The molecule has 2 nitrogen and oxygen atoms in total. The first-order valence-electron chi connectivity index (χ1n) is 8.24. The van der Waals surface area contributed by atoms with Gasteiger partial charge in [-0.05, 0) is 63.9 Å². The molecule has 132 valence electrons. The van der Waals surface area contributed by atoms with E-state index in [0.29, 0.717) is 20.8 Å². The molecule has 1 aliphatic rings. The molecule has 25 heavy (non-hydrogen) atoms. The number of allylic oxidation sites excluding steroid dienone is 4. The third-order valence-electron chi connectivity index (χ3n) is 4.10. The highest BCUT2D eigenvalue weighted by atomic mass is 31.1. The van der Waals surface area contributed by atoms with Crippen molar-refractivity contribution in [3.05, 3.63) is 95.3 Å². The Morgan fingerprint density at radius 1 is 1.32 bits per heavy atom. The van der Waals surface area contributed by atoms with Crippen LogP contribution in [-0.2, 0) is 6.54 Å². The van der Waals surface area contributed by atoms with Gasteiger partial charge < -0.3 is 9.99 Å². The van der Waals surface area contributed by atoms with Gasteiger partial charge in [-0.2, -0.15) is 0 Å². The largest absolute Gasteiger partial charge is 0.381 e. The Kier molecular flexibility index (Phi) is 6.39. The van der Waals surface area contributed by atoms with Crippen LogP contribution in [0.4, 0.5) is 4.39 Å². The Labute approximate surface area is 152 Å². The van der Waals surface area contributed by atoms with Crippen molar-refractivity contribution in [3.63, 3.8) is 0 Å². The van der Waals surface area contributed by atoms with E-state index >= 15 is 0 Å². The smallest absolute Gasteiger partial charge is 0.126 e. The van der Waals surface area contributed by atoms with Gasteiger partial charge in [-0.25, -0.2) is 4.39 Å². The van der Waals surface area contributed by atoms with Crippen molar-refractivity contribution >= 4 is 8.73 Å². The maximum absolute atomic E-state index is 13.3. The zero-order valence-electron chi connectivity index (χ0n) is 15.2. The van der Waals surface area contributed by atoms with E-state index in [4.69, 9.17) is 0 Å². The molecule has 0 saturated heterocycles. The Bertz CT molecular complexity index is 774. The molecule has 2 rings (SSSR count). The van der Waals surface area contributed by atoms with Gasteiger partial charge >= 0.3 is 0 Å². The number of nitrogens with one attached hydrogen (secondary N) is 1. The average molecular weight is 356 g/mol. The minimum Gasteiger partial charge on any atom is -0.381 e. The van der Waals surface area contributed by atoms with E-state index in [1.165, 1.54) is 11.8 Å². The molecule has 0 fully saturated rings. The lowest BCUT2D eigenvalue weighted by atomic mass is 10.1. The van der Waals surface area contributed by atoms with Crippen molar-refractivity contribution in [1.29, 1.82) is 0 Å². The maximum Gasteiger partial charge on any atom is 0.126 e. The fraction of sp³-hybridized carbons (Fsp3) is 0.238. The molecule has 1 aliphatic heterocycles. The van der Waals surface area contributed by atoms with E-state index in [0.717, 1.165) is 34.3 Å². The monoisotopic (exact) mass is 356 g/mol. The second kappa shape index (κ2) is 8.31. The van der Waals surface area contributed by atoms with Crippen LogP contribution in [0.25, 0.3) is 0 Å². The summed E-state index contributed by atoms with van der Waals surface area (Å²) in [6.45, 7) is 18.8. The van der Waals surface area contributed by atoms with E-state index in [1.807, 2.05) is 19.1 Å². The topological polar surface area (TPSA) is 15.3 Å². The number of rotatable bonds is 7. The van der Waals surface area contributed by atoms with E-state index in [1.54, 1.807) is 13.0 Å². The maximum atomic E-state index is 13.3. The molecule has 0 bridgehead atoms. The zero-order valence-corrected chi connectivity index (χ0v) is 16.2. The number of benzene rings is 1. The lowest BCUT2D eigenvalue weighted by molar-refractivity contribution is 0.617. The molecule has 1 heterocycles. The summed E-state index contributed by atoms with van der Waals surface area (Å²) >= 11 is 0. The molecule has 1 aromatic carbocycles. The molecule has 4 heteroatoms. The second-order valence-corrected chi connectivity index (χ2v) is 7.47. The highest BCUT2D eigenvalue weighted by Crippen LogP contribution is 2.37. The van der Waals surface area contributed by atoms with Crippen LogP contribution >= 0.6 is 8.73 Å². The van der Waals surface area contributed by atoms with Crippen molar-refractivity contribution in [2.75, 3.05) is 6.16 Å². The summed E-state index contributed by atoms with van der Waals surface area (Å²) in [5, 5.41) is 3.27. The van der Waals surface area contributed by atoms with Crippen LogP contribution in [0.15, 0.2) is 78.3 Å². The first kappa shape index (κ1) is 19.2. The molecular formula is C21H26FN2P. The zero-order chi connectivity index (χ0) is 18.6. The van der Waals surface area contributed by atoms with Crippen LogP contribution < -0.4 is 5.32 Å². The third kappa shape index (κ3) is 4.93. The molecular weight excluding hydrogens is 330 g/mol. The second-order valence-electron chi connectivity index (χ2n) is 6.29. The summed E-state index contributed by atoms with van der Waals surface area (Å²) in [7, 11) is 0.707. The van der Waals surface area contributed by atoms with Gasteiger partial charge in [0.2, 0.25) is 0 Å². The molecule has 1 N–H and O–H groups in total. The SMILES string of the molecule is C=C(/C=C(/C(=C)C)N1PCC=C1C)C(=C)NCc1ccc(F)c(C)c1. The molecule has 0 aromatic heterocycles. The van der Waals surface area contributed by atoms with Crippen molar-refractivity contribution in [2.24, 2.45) is 0 Å². The minimum absolute atomic E-state index is 0.184. The van der Waals surface area contributed by atoms with Crippen LogP contribution in [0.3, 0.4) is 0 Å². The Morgan fingerprint density at radius 3 is 2.60 bits per heavy atom. The summed E-state index contributed by atoms with van der Waals surface area (Å²) in [6.07, 6.45) is 5.34. The van der Waals surface area contributed by atoms with Crippen LogP contribution in [0.2, 0.25) is 0 Å². The molecule has 1 atom stereocenters. The van der Waals surface area contributed by atoms with Crippen molar-refractivity contribution in [2.45, 2.75) is 27.3 Å². The van der Waals surface area contributed by atoms with E-state index in [-0.39, 0.29) is 5.82 Å². The normalized spacial score (nSPS) is 15.3. The predicted molar refractivity (Wildman–Crippen MR) is 108 cm³/mol. The van der Waals surface area contributed by atoms with Gasteiger partial charge in [0.05, 0.1) is 0 Å². The average Bonchev–Trinajstić information content (AvgIpc) is 2.98. The van der Waals surface area contributed by atoms with Crippen LogP contribution in [0, 0.1) is 12.7 Å². The summed E-state index contributed by atoms with van der Waals surface area (Å²) in [6, 6.07) is 5.11. The first-order chi connectivity index (χ1) is 11.8. The van der Waals surface area contributed by atoms with Crippen LogP contribution in [0.1, 0.15) is 25.0 Å². The van der Waals surface area contributed by atoms with E-state index in [2.05, 4.69) is 42.7 Å². The van der Waals surface area contributed by atoms with Crippen LogP contribution in [0.5, 0.6) is 0 Å². The predicted octanol–water partition coefficient (Wildman–Crippen LogP) is 5.57. The third-order valence-corrected chi connectivity index (χ3v) is 5.40. The van der Waals surface area contributed by atoms with Gasteiger partial charge in [-0.1, -0.05) is 37.9 Å².